The minimum atomic E-state index is -0.227. The van der Waals surface area contributed by atoms with Gasteiger partial charge < -0.3 is 10.1 Å². The molecular weight excluding hydrogens is 277 g/mol. The number of rotatable bonds is 5. The number of thiocarbonyl (C=S) groups is 1. The molecule has 2 aliphatic carbocycles. The zero-order valence-corrected chi connectivity index (χ0v) is 11.7. The second-order valence-electron chi connectivity index (χ2n) is 4.70. The Morgan fingerprint density at radius 3 is 2.76 bits per heavy atom. The standard InChI is InChI=1S/C12H15Cl2NOS/c13-9-3-8(11(15)6-17)4-10(14)12(9)16-5-7-1-2-7/h6-9,15H,1-5H2. The van der Waals surface area contributed by atoms with E-state index in [9.17, 15) is 0 Å². The molecule has 0 bridgehead atoms. The summed E-state index contributed by atoms with van der Waals surface area (Å²) in [6, 6.07) is 0. The van der Waals surface area contributed by atoms with Crippen LogP contribution in [-0.4, -0.2) is 23.1 Å². The van der Waals surface area contributed by atoms with E-state index in [1.807, 2.05) is 0 Å². The number of hydrogen-bond acceptors (Lipinski definition) is 3. The topological polar surface area (TPSA) is 33.1 Å². The molecule has 0 amide bonds. The second kappa shape index (κ2) is 5.68. The molecule has 0 aromatic carbocycles. The first-order valence-corrected chi connectivity index (χ1v) is 7.09. The third kappa shape index (κ3) is 3.43. The van der Waals surface area contributed by atoms with Gasteiger partial charge in [-0.05, 0) is 31.6 Å². The fourth-order valence-corrected chi connectivity index (χ4v) is 2.95. The van der Waals surface area contributed by atoms with Gasteiger partial charge in [0.2, 0.25) is 0 Å². The normalized spacial score (nSPS) is 29.1. The Hall–Kier alpha value is -0.120. The number of alkyl halides is 1. The van der Waals surface area contributed by atoms with Crippen molar-refractivity contribution in [2.45, 2.75) is 31.1 Å². The van der Waals surface area contributed by atoms with Crippen molar-refractivity contribution in [3.63, 3.8) is 0 Å². The first-order valence-electron chi connectivity index (χ1n) is 5.80. The van der Waals surface area contributed by atoms with Gasteiger partial charge in [-0.15, -0.1) is 11.6 Å². The van der Waals surface area contributed by atoms with E-state index in [1.165, 1.54) is 18.2 Å². The predicted molar refractivity (Wildman–Crippen MR) is 75.3 cm³/mol. The van der Waals surface area contributed by atoms with Crippen molar-refractivity contribution in [1.29, 1.82) is 5.41 Å². The van der Waals surface area contributed by atoms with Crippen LogP contribution in [-0.2, 0) is 4.74 Å². The SMILES string of the molecule is N=C(C=S)C1CC(Cl)=C(OCC2CC2)C(Cl)C1. The molecule has 1 N–H and O–H groups in total. The van der Waals surface area contributed by atoms with Crippen LogP contribution in [0.1, 0.15) is 25.7 Å². The first-order chi connectivity index (χ1) is 8.11. The summed E-state index contributed by atoms with van der Waals surface area (Å²) in [7, 11) is 0. The molecule has 0 saturated heterocycles. The van der Waals surface area contributed by atoms with Crippen LogP contribution >= 0.6 is 35.4 Å². The number of ether oxygens (including phenoxy) is 1. The van der Waals surface area contributed by atoms with E-state index in [1.54, 1.807) is 0 Å². The fraction of sp³-hybridized carbons (Fsp3) is 0.667. The minimum absolute atomic E-state index is 0.0378. The van der Waals surface area contributed by atoms with Crippen LogP contribution in [0.4, 0.5) is 0 Å². The maximum atomic E-state index is 7.72. The highest BCUT2D eigenvalue weighted by atomic mass is 35.5. The van der Waals surface area contributed by atoms with Crippen molar-refractivity contribution >= 4 is 46.5 Å². The van der Waals surface area contributed by atoms with Gasteiger partial charge in [0, 0.05) is 17.0 Å². The largest absolute Gasteiger partial charge is 0.495 e. The lowest BCUT2D eigenvalue weighted by molar-refractivity contribution is 0.181. The van der Waals surface area contributed by atoms with Crippen LogP contribution in [0, 0.1) is 17.2 Å². The van der Waals surface area contributed by atoms with Gasteiger partial charge in [-0.1, -0.05) is 23.8 Å². The van der Waals surface area contributed by atoms with E-state index in [4.69, 9.17) is 45.6 Å². The van der Waals surface area contributed by atoms with Gasteiger partial charge in [-0.2, -0.15) is 0 Å². The van der Waals surface area contributed by atoms with E-state index >= 15 is 0 Å². The minimum Gasteiger partial charge on any atom is -0.495 e. The molecule has 0 heterocycles. The van der Waals surface area contributed by atoms with Crippen molar-refractivity contribution in [3.8, 4) is 0 Å². The molecule has 2 nitrogen and oxygen atoms in total. The smallest absolute Gasteiger partial charge is 0.128 e. The van der Waals surface area contributed by atoms with E-state index in [-0.39, 0.29) is 11.3 Å². The highest BCUT2D eigenvalue weighted by Gasteiger charge is 2.32. The van der Waals surface area contributed by atoms with Crippen LogP contribution in [0.3, 0.4) is 0 Å². The molecule has 2 unspecified atom stereocenters. The Labute approximate surface area is 117 Å². The number of halogens is 2. The molecule has 94 valence electrons. The van der Waals surface area contributed by atoms with Gasteiger partial charge in [0.1, 0.15) is 5.76 Å². The van der Waals surface area contributed by atoms with Crippen LogP contribution < -0.4 is 0 Å². The van der Waals surface area contributed by atoms with E-state index in [2.05, 4.69) is 0 Å². The molecule has 0 spiro atoms. The predicted octanol–water partition coefficient (Wildman–Crippen LogP) is 3.90. The Bertz CT molecular complexity index is 366. The van der Waals surface area contributed by atoms with Crippen LogP contribution in [0.15, 0.2) is 10.8 Å². The molecule has 1 saturated carbocycles. The molecule has 0 aromatic rings. The van der Waals surface area contributed by atoms with Crippen LogP contribution in [0.25, 0.3) is 0 Å². The maximum absolute atomic E-state index is 7.72. The van der Waals surface area contributed by atoms with Gasteiger partial charge in [0.05, 0.1) is 17.0 Å². The molecule has 0 radical (unpaired) electrons. The van der Waals surface area contributed by atoms with Gasteiger partial charge in [-0.3, -0.25) is 0 Å². The zero-order valence-electron chi connectivity index (χ0n) is 9.42. The van der Waals surface area contributed by atoms with E-state index in [0.29, 0.717) is 35.3 Å². The summed E-state index contributed by atoms with van der Waals surface area (Å²) in [6.45, 7) is 0.726. The lowest BCUT2D eigenvalue weighted by atomic mass is 9.89. The van der Waals surface area contributed by atoms with E-state index < -0.39 is 0 Å². The lowest BCUT2D eigenvalue weighted by Gasteiger charge is -2.27. The molecule has 2 aliphatic rings. The summed E-state index contributed by atoms with van der Waals surface area (Å²) in [5, 5.41) is 9.54. The maximum Gasteiger partial charge on any atom is 0.128 e. The quantitative estimate of drug-likeness (QED) is 0.473. The Morgan fingerprint density at radius 1 is 1.53 bits per heavy atom. The monoisotopic (exact) mass is 291 g/mol. The van der Waals surface area contributed by atoms with Gasteiger partial charge in [0.25, 0.3) is 0 Å². The number of hydrogen-bond donors (Lipinski definition) is 1. The molecule has 1 fully saturated rings. The van der Waals surface area contributed by atoms with Crippen molar-refractivity contribution in [2.75, 3.05) is 6.61 Å². The Morgan fingerprint density at radius 2 is 2.24 bits per heavy atom. The molecule has 5 heteroatoms. The van der Waals surface area contributed by atoms with Crippen molar-refractivity contribution in [1.82, 2.24) is 0 Å². The molecule has 2 atom stereocenters. The average molecular weight is 292 g/mol. The highest BCUT2D eigenvalue weighted by molar-refractivity contribution is 7.80. The van der Waals surface area contributed by atoms with Crippen molar-refractivity contribution in [3.05, 3.63) is 10.8 Å². The molecule has 17 heavy (non-hydrogen) atoms. The Kier molecular flexibility index (Phi) is 4.45. The van der Waals surface area contributed by atoms with Crippen molar-refractivity contribution < 1.29 is 4.74 Å². The summed E-state index contributed by atoms with van der Waals surface area (Å²) in [6.07, 6.45) is 3.80. The molecule has 2 rings (SSSR count). The van der Waals surface area contributed by atoms with Gasteiger partial charge in [-0.25, -0.2) is 0 Å². The summed E-state index contributed by atoms with van der Waals surface area (Å²) in [4.78, 5) is 0. The third-order valence-electron chi connectivity index (χ3n) is 3.21. The highest BCUT2D eigenvalue weighted by Crippen LogP contribution is 2.38. The second-order valence-corrected chi connectivity index (χ2v) is 5.92. The first kappa shape index (κ1) is 13.3. The fourth-order valence-electron chi connectivity index (χ4n) is 1.92. The van der Waals surface area contributed by atoms with Gasteiger partial charge >= 0.3 is 0 Å². The van der Waals surface area contributed by atoms with Crippen molar-refractivity contribution in [2.24, 2.45) is 11.8 Å². The average Bonchev–Trinajstić information content (AvgIpc) is 3.10. The molecule has 0 aromatic heterocycles. The number of allylic oxidation sites excluding steroid dienone is 2. The molecule has 0 aliphatic heterocycles. The zero-order chi connectivity index (χ0) is 12.4. The lowest BCUT2D eigenvalue weighted by Crippen LogP contribution is -2.26. The summed E-state index contributed by atoms with van der Waals surface area (Å²) < 4.78 is 5.70. The van der Waals surface area contributed by atoms with Gasteiger partial charge in [0.15, 0.2) is 0 Å². The number of nitrogens with one attached hydrogen (secondary N) is 1. The summed E-state index contributed by atoms with van der Waals surface area (Å²) in [5.41, 5.74) is 0.435. The van der Waals surface area contributed by atoms with Crippen LogP contribution in [0.5, 0.6) is 0 Å². The molecular formula is C12H15Cl2NOS. The van der Waals surface area contributed by atoms with Crippen LogP contribution in [0.2, 0.25) is 0 Å². The summed E-state index contributed by atoms with van der Waals surface area (Å²) in [5.74, 6) is 1.44. The third-order valence-corrected chi connectivity index (χ3v) is 4.18. The van der Waals surface area contributed by atoms with E-state index in [0.717, 1.165) is 6.61 Å². The Balaban J connectivity index is 1.99. The summed E-state index contributed by atoms with van der Waals surface area (Å²) >= 11 is 17.2.